The molecule has 142 valence electrons. The van der Waals surface area contributed by atoms with E-state index in [1.807, 2.05) is 18.7 Å². The number of rotatable bonds is 7. The lowest BCUT2D eigenvalue weighted by atomic mass is 9.60. The van der Waals surface area contributed by atoms with Crippen molar-refractivity contribution >= 4 is 17.7 Å². The van der Waals surface area contributed by atoms with Gasteiger partial charge in [0.25, 0.3) is 0 Å². The minimum absolute atomic E-state index is 0.0357. The van der Waals surface area contributed by atoms with E-state index in [1.54, 1.807) is 6.92 Å². The first-order chi connectivity index (χ1) is 12.3. The maximum atomic E-state index is 11.3. The number of hydrogen-bond donors (Lipinski definition) is 2. The summed E-state index contributed by atoms with van der Waals surface area (Å²) in [5, 5.41) is 12.6. The molecule has 1 aliphatic heterocycles. The summed E-state index contributed by atoms with van der Waals surface area (Å²) in [6.07, 6.45) is 3.47. The summed E-state index contributed by atoms with van der Waals surface area (Å²) in [7, 11) is 0. The van der Waals surface area contributed by atoms with Crippen LogP contribution in [0.1, 0.15) is 56.9 Å². The molecule has 0 aromatic carbocycles. The second-order valence-corrected chi connectivity index (χ2v) is 7.41. The molecule has 1 aromatic rings. The van der Waals surface area contributed by atoms with Crippen molar-refractivity contribution in [3.63, 3.8) is 0 Å². The molecule has 1 aromatic heterocycles. The van der Waals surface area contributed by atoms with Crippen molar-refractivity contribution in [3.8, 4) is 6.01 Å². The molecule has 2 N–H and O–H groups in total. The van der Waals surface area contributed by atoms with Crippen LogP contribution in [0.25, 0.3) is 0 Å². The lowest BCUT2D eigenvalue weighted by molar-refractivity contribution is -0.148. The van der Waals surface area contributed by atoms with Gasteiger partial charge in [0.1, 0.15) is 11.9 Å². The van der Waals surface area contributed by atoms with Crippen molar-refractivity contribution in [1.82, 2.24) is 14.9 Å². The molecule has 2 heterocycles. The van der Waals surface area contributed by atoms with Crippen LogP contribution < -0.4 is 10.1 Å². The SMILES string of the molecule is CCC(CC)Oc1nc(NC2CC3(C2)CN(C(C)=O)C3)cc(C(=O)O)n1. The highest BCUT2D eigenvalue weighted by Crippen LogP contribution is 2.49. The zero-order chi connectivity index (χ0) is 18.9. The smallest absolute Gasteiger partial charge is 0.354 e. The summed E-state index contributed by atoms with van der Waals surface area (Å²) in [6.45, 7) is 7.23. The number of aromatic nitrogens is 2. The lowest BCUT2D eigenvalue weighted by Gasteiger charge is -2.59. The summed E-state index contributed by atoms with van der Waals surface area (Å²) in [4.78, 5) is 32.8. The minimum Gasteiger partial charge on any atom is -0.477 e. The second-order valence-electron chi connectivity index (χ2n) is 7.41. The van der Waals surface area contributed by atoms with E-state index in [-0.39, 0.29) is 35.2 Å². The van der Waals surface area contributed by atoms with Gasteiger partial charge in [-0.15, -0.1) is 0 Å². The third-order valence-electron chi connectivity index (χ3n) is 5.32. The van der Waals surface area contributed by atoms with Crippen LogP contribution in [-0.2, 0) is 4.79 Å². The predicted molar refractivity (Wildman–Crippen MR) is 95.3 cm³/mol. The Bertz CT molecular complexity index is 690. The highest BCUT2D eigenvalue weighted by atomic mass is 16.5. The average Bonchev–Trinajstić information content (AvgIpc) is 2.52. The number of hydrogen-bond acceptors (Lipinski definition) is 6. The van der Waals surface area contributed by atoms with Gasteiger partial charge in [0.05, 0.1) is 0 Å². The molecule has 3 rings (SSSR count). The van der Waals surface area contributed by atoms with Gasteiger partial charge in [0.15, 0.2) is 5.69 Å². The van der Waals surface area contributed by atoms with E-state index >= 15 is 0 Å². The number of aromatic carboxylic acids is 1. The van der Waals surface area contributed by atoms with E-state index in [2.05, 4.69) is 15.3 Å². The van der Waals surface area contributed by atoms with Crippen LogP contribution in [0.5, 0.6) is 6.01 Å². The largest absolute Gasteiger partial charge is 0.477 e. The maximum Gasteiger partial charge on any atom is 0.354 e. The van der Waals surface area contributed by atoms with Gasteiger partial charge < -0.3 is 20.1 Å². The standard InChI is InChI=1S/C18H26N4O4/c1-4-13(5-2)26-17-20-14(16(24)25)6-15(21-17)19-12-7-18(8-12)9-22(10-18)11(3)23/h6,12-13H,4-5,7-10H2,1-3H3,(H,24,25)(H,19,20,21). The third kappa shape index (κ3) is 3.73. The first kappa shape index (κ1) is 18.4. The monoisotopic (exact) mass is 362 g/mol. The van der Waals surface area contributed by atoms with Gasteiger partial charge in [0.2, 0.25) is 5.91 Å². The molecule has 1 saturated heterocycles. The number of ether oxygens (including phenoxy) is 1. The summed E-state index contributed by atoms with van der Waals surface area (Å²) < 4.78 is 5.72. The zero-order valence-corrected chi connectivity index (χ0v) is 15.5. The molecule has 0 radical (unpaired) electrons. The highest BCUT2D eigenvalue weighted by molar-refractivity contribution is 5.86. The van der Waals surface area contributed by atoms with Crippen LogP contribution in [0, 0.1) is 5.41 Å². The molecule has 2 aliphatic rings. The van der Waals surface area contributed by atoms with E-state index in [9.17, 15) is 14.7 Å². The molecule has 0 unspecified atom stereocenters. The number of carbonyl (C=O) groups excluding carboxylic acids is 1. The first-order valence-electron chi connectivity index (χ1n) is 9.15. The van der Waals surface area contributed by atoms with Gasteiger partial charge in [-0.1, -0.05) is 13.8 Å². The van der Waals surface area contributed by atoms with Crippen molar-refractivity contribution in [2.45, 2.75) is 58.6 Å². The van der Waals surface area contributed by atoms with Crippen molar-refractivity contribution in [1.29, 1.82) is 0 Å². The molecule has 8 heteroatoms. The van der Waals surface area contributed by atoms with E-state index in [4.69, 9.17) is 4.74 Å². The number of carboxylic acids is 1. The number of carbonyl (C=O) groups is 2. The van der Waals surface area contributed by atoms with E-state index < -0.39 is 5.97 Å². The molecule has 0 atom stereocenters. The molecule has 8 nitrogen and oxygen atoms in total. The topological polar surface area (TPSA) is 105 Å². The van der Waals surface area contributed by atoms with Gasteiger partial charge in [-0.2, -0.15) is 9.97 Å². The van der Waals surface area contributed by atoms with E-state index in [0.717, 1.165) is 38.8 Å². The van der Waals surface area contributed by atoms with Crippen molar-refractivity contribution in [2.75, 3.05) is 18.4 Å². The molecule has 1 aliphatic carbocycles. The molecular formula is C18H26N4O4. The van der Waals surface area contributed by atoms with Crippen LogP contribution in [0.2, 0.25) is 0 Å². The molecular weight excluding hydrogens is 336 g/mol. The van der Waals surface area contributed by atoms with Gasteiger partial charge in [-0.25, -0.2) is 4.79 Å². The van der Waals surface area contributed by atoms with Gasteiger partial charge in [0, 0.05) is 37.5 Å². The van der Waals surface area contributed by atoms with Crippen LogP contribution >= 0.6 is 0 Å². The van der Waals surface area contributed by atoms with Crippen molar-refractivity contribution in [3.05, 3.63) is 11.8 Å². The number of amides is 1. The molecule has 1 amide bonds. The Morgan fingerprint density at radius 2 is 2.00 bits per heavy atom. The number of carboxylic acid groups (broad SMARTS) is 1. The predicted octanol–water partition coefficient (Wildman–Crippen LogP) is 2.17. The normalized spacial score (nSPS) is 18.4. The summed E-state index contributed by atoms with van der Waals surface area (Å²) in [5.74, 6) is -0.510. The van der Waals surface area contributed by atoms with Crippen LogP contribution in [-0.4, -0.2) is 57.1 Å². The molecule has 26 heavy (non-hydrogen) atoms. The third-order valence-corrected chi connectivity index (χ3v) is 5.32. The number of nitrogens with one attached hydrogen (secondary N) is 1. The fourth-order valence-corrected chi connectivity index (χ4v) is 3.81. The summed E-state index contributed by atoms with van der Waals surface area (Å²) in [5.41, 5.74) is 0.143. The molecule has 1 spiro atoms. The highest BCUT2D eigenvalue weighted by Gasteiger charge is 2.53. The maximum absolute atomic E-state index is 11.3. The van der Waals surface area contributed by atoms with E-state index in [0.29, 0.717) is 5.82 Å². The fourth-order valence-electron chi connectivity index (χ4n) is 3.81. The van der Waals surface area contributed by atoms with Crippen LogP contribution in [0.3, 0.4) is 0 Å². The quantitative estimate of drug-likeness (QED) is 0.766. The number of anilines is 1. The average molecular weight is 362 g/mol. The Balaban J connectivity index is 1.63. The van der Waals surface area contributed by atoms with Crippen LogP contribution in [0.4, 0.5) is 5.82 Å². The Hall–Kier alpha value is -2.38. The van der Waals surface area contributed by atoms with Crippen LogP contribution in [0.15, 0.2) is 6.07 Å². The molecule has 0 bridgehead atoms. The number of nitrogens with zero attached hydrogens (tertiary/aromatic N) is 3. The molecule has 2 fully saturated rings. The minimum atomic E-state index is -1.11. The fraction of sp³-hybridized carbons (Fsp3) is 0.667. The Labute approximate surface area is 153 Å². The summed E-state index contributed by atoms with van der Waals surface area (Å²) >= 11 is 0. The number of likely N-dealkylation sites (tertiary alicyclic amines) is 1. The van der Waals surface area contributed by atoms with Gasteiger partial charge in [-0.05, 0) is 25.7 Å². The Morgan fingerprint density at radius 3 is 2.54 bits per heavy atom. The Kier molecular flexibility index (Phi) is 5.02. The van der Waals surface area contributed by atoms with Crippen molar-refractivity contribution < 1.29 is 19.4 Å². The lowest BCUT2D eigenvalue weighted by Crippen LogP contribution is -2.65. The zero-order valence-electron chi connectivity index (χ0n) is 15.5. The summed E-state index contributed by atoms with van der Waals surface area (Å²) in [6, 6.07) is 1.76. The van der Waals surface area contributed by atoms with Gasteiger partial charge in [-0.3, -0.25) is 4.79 Å². The molecule has 1 saturated carbocycles. The Morgan fingerprint density at radius 1 is 1.35 bits per heavy atom. The van der Waals surface area contributed by atoms with Gasteiger partial charge >= 0.3 is 12.0 Å². The van der Waals surface area contributed by atoms with Crippen molar-refractivity contribution in [2.24, 2.45) is 5.41 Å². The van der Waals surface area contributed by atoms with E-state index in [1.165, 1.54) is 6.07 Å². The second kappa shape index (κ2) is 7.09. The first-order valence-corrected chi connectivity index (χ1v) is 9.15.